The van der Waals surface area contributed by atoms with E-state index in [-0.39, 0.29) is 0 Å². The lowest BCUT2D eigenvalue weighted by Crippen LogP contribution is -2.28. The van der Waals surface area contributed by atoms with E-state index in [1.807, 2.05) is 12.3 Å². The van der Waals surface area contributed by atoms with Crippen molar-refractivity contribution in [1.82, 2.24) is 10.3 Å². The van der Waals surface area contributed by atoms with Gasteiger partial charge in [0.2, 0.25) is 0 Å². The number of hydrogen-bond acceptors (Lipinski definition) is 2. The van der Waals surface area contributed by atoms with E-state index in [1.165, 1.54) is 41.6 Å². The Balaban J connectivity index is 1.79. The minimum Gasteiger partial charge on any atom is -0.302 e. The van der Waals surface area contributed by atoms with Crippen molar-refractivity contribution in [3.63, 3.8) is 0 Å². The van der Waals surface area contributed by atoms with E-state index < -0.39 is 0 Å². The van der Waals surface area contributed by atoms with Crippen molar-refractivity contribution < 1.29 is 0 Å². The molecule has 1 aromatic carbocycles. The number of hydrogen-bond donors (Lipinski definition) is 1. The molecule has 0 fully saturated rings. The molecule has 0 radical (unpaired) electrons. The molecule has 1 unspecified atom stereocenters. The highest BCUT2D eigenvalue weighted by atomic mass is 15.0. The summed E-state index contributed by atoms with van der Waals surface area (Å²) < 4.78 is 0. The minimum absolute atomic E-state index is 0.354. The number of nitrogens with zero attached hydrogens (tertiary/aromatic N) is 1. The van der Waals surface area contributed by atoms with Crippen LogP contribution in [0.2, 0.25) is 0 Å². The zero-order chi connectivity index (χ0) is 13.9. The van der Waals surface area contributed by atoms with Crippen molar-refractivity contribution in [3.8, 4) is 0 Å². The van der Waals surface area contributed by atoms with Crippen LogP contribution in [0.1, 0.15) is 54.2 Å². The Bertz CT molecular complexity index is 591. The Hall–Kier alpha value is -1.67. The Labute approximate surface area is 121 Å². The topological polar surface area (TPSA) is 24.9 Å². The number of benzene rings is 1. The summed E-state index contributed by atoms with van der Waals surface area (Å²) >= 11 is 0. The van der Waals surface area contributed by atoms with Crippen molar-refractivity contribution in [3.05, 3.63) is 65.0 Å². The fourth-order valence-corrected chi connectivity index (χ4v) is 3.11. The molecule has 104 valence electrons. The summed E-state index contributed by atoms with van der Waals surface area (Å²) in [5.41, 5.74) is 5.33. The van der Waals surface area contributed by atoms with Gasteiger partial charge in [-0.15, -0.1) is 0 Å². The van der Waals surface area contributed by atoms with Crippen molar-refractivity contribution in [2.24, 2.45) is 0 Å². The second-order valence-electron chi connectivity index (χ2n) is 5.80. The predicted molar refractivity (Wildman–Crippen MR) is 82.6 cm³/mol. The summed E-state index contributed by atoms with van der Waals surface area (Å²) in [4.78, 5) is 4.60. The second-order valence-corrected chi connectivity index (χ2v) is 5.80. The average Bonchev–Trinajstić information content (AvgIpc) is 2.47. The Kier molecular flexibility index (Phi) is 3.83. The molecular formula is C18H22N2. The van der Waals surface area contributed by atoms with Crippen LogP contribution >= 0.6 is 0 Å². The molecule has 2 nitrogen and oxygen atoms in total. The van der Waals surface area contributed by atoms with Gasteiger partial charge >= 0.3 is 0 Å². The molecule has 0 saturated carbocycles. The van der Waals surface area contributed by atoms with Gasteiger partial charge in [0, 0.05) is 12.2 Å². The monoisotopic (exact) mass is 266 g/mol. The van der Waals surface area contributed by atoms with Gasteiger partial charge in [-0.05, 0) is 50.3 Å². The number of aromatic nitrogens is 1. The lowest BCUT2D eigenvalue weighted by atomic mass is 9.91. The largest absolute Gasteiger partial charge is 0.302 e. The van der Waals surface area contributed by atoms with E-state index in [9.17, 15) is 0 Å². The maximum Gasteiger partial charge on any atom is 0.0605 e. The minimum atomic E-state index is 0.354. The highest BCUT2D eigenvalue weighted by molar-refractivity contribution is 5.28. The molecule has 1 aliphatic carbocycles. The number of nitrogens with one attached hydrogen (secondary N) is 1. The van der Waals surface area contributed by atoms with Crippen LogP contribution < -0.4 is 5.32 Å². The average molecular weight is 266 g/mol. The van der Waals surface area contributed by atoms with Crippen LogP contribution in [-0.2, 0) is 6.42 Å². The summed E-state index contributed by atoms with van der Waals surface area (Å²) in [6.07, 6.45) is 5.51. The molecule has 0 amide bonds. The Morgan fingerprint density at radius 1 is 1.25 bits per heavy atom. The van der Waals surface area contributed by atoms with Crippen LogP contribution in [0.3, 0.4) is 0 Å². The first kappa shape index (κ1) is 13.3. The van der Waals surface area contributed by atoms with Crippen LogP contribution in [0.5, 0.6) is 0 Å². The van der Waals surface area contributed by atoms with Gasteiger partial charge in [-0.2, -0.15) is 0 Å². The quantitative estimate of drug-likeness (QED) is 0.904. The molecule has 2 aromatic rings. The lowest BCUT2D eigenvalue weighted by molar-refractivity contribution is 0.406. The number of aryl methyl sites for hydroxylation is 2. The van der Waals surface area contributed by atoms with Crippen LogP contribution in [0.15, 0.2) is 42.6 Å². The third kappa shape index (κ3) is 2.75. The third-order valence-corrected chi connectivity index (χ3v) is 4.19. The summed E-state index contributed by atoms with van der Waals surface area (Å²) in [6, 6.07) is 13.7. The standard InChI is InChI=1S/C18H22N2/c1-13-6-3-8-16(12-13)14(2)20-17-10-4-7-15-9-5-11-19-18(15)17/h3,5-6,8-9,11-12,14,17,20H,4,7,10H2,1-2H3/t14-,17?/m1/s1. The van der Waals surface area contributed by atoms with Crippen molar-refractivity contribution in [2.45, 2.75) is 45.2 Å². The first-order valence-electron chi connectivity index (χ1n) is 7.50. The fourth-order valence-electron chi connectivity index (χ4n) is 3.11. The molecular weight excluding hydrogens is 244 g/mol. The molecule has 2 heteroatoms. The Morgan fingerprint density at radius 3 is 3.00 bits per heavy atom. The van der Waals surface area contributed by atoms with Gasteiger partial charge in [0.05, 0.1) is 11.7 Å². The highest BCUT2D eigenvalue weighted by Crippen LogP contribution is 2.30. The van der Waals surface area contributed by atoms with E-state index in [1.54, 1.807) is 0 Å². The zero-order valence-electron chi connectivity index (χ0n) is 12.3. The van der Waals surface area contributed by atoms with Gasteiger partial charge in [-0.25, -0.2) is 0 Å². The maximum absolute atomic E-state index is 4.60. The first-order valence-corrected chi connectivity index (χ1v) is 7.50. The molecule has 1 aliphatic rings. The predicted octanol–water partition coefficient (Wildman–Crippen LogP) is 4.12. The van der Waals surface area contributed by atoms with Crippen LogP contribution in [0.25, 0.3) is 0 Å². The molecule has 3 rings (SSSR count). The summed E-state index contributed by atoms with van der Waals surface area (Å²) in [5.74, 6) is 0. The van der Waals surface area contributed by atoms with Crippen LogP contribution in [0.4, 0.5) is 0 Å². The molecule has 1 heterocycles. The van der Waals surface area contributed by atoms with Crippen molar-refractivity contribution in [2.75, 3.05) is 0 Å². The van der Waals surface area contributed by atoms with Gasteiger partial charge in [-0.3, -0.25) is 4.98 Å². The van der Waals surface area contributed by atoms with E-state index in [0.29, 0.717) is 12.1 Å². The summed E-state index contributed by atoms with van der Waals surface area (Å²) in [7, 11) is 0. The lowest BCUT2D eigenvalue weighted by Gasteiger charge is -2.28. The molecule has 1 N–H and O–H groups in total. The normalized spacial score (nSPS) is 19.4. The second kappa shape index (κ2) is 5.76. The first-order chi connectivity index (χ1) is 9.74. The van der Waals surface area contributed by atoms with Crippen LogP contribution in [0, 0.1) is 6.92 Å². The number of fused-ring (bicyclic) bond motifs is 1. The van der Waals surface area contributed by atoms with E-state index in [4.69, 9.17) is 0 Å². The Morgan fingerprint density at radius 2 is 2.15 bits per heavy atom. The van der Waals surface area contributed by atoms with Gasteiger partial charge in [0.1, 0.15) is 0 Å². The maximum atomic E-state index is 4.60. The third-order valence-electron chi connectivity index (χ3n) is 4.19. The van der Waals surface area contributed by atoms with Gasteiger partial charge in [0.15, 0.2) is 0 Å². The van der Waals surface area contributed by atoms with Gasteiger partial charge in [0.25, 0.3) is 0 Å². The van der Waals surface area contributed by atoms with E-state index >= 15 is 0 Å². The van der Waals surface area contributed by atoms with E-state index in [0.717, 1.165) is 0 Å². The molecule has 2 atom stereocenters. The summed E-state index contributed by atoms with van der Waals surface area (Å²) in [6.45, 7) is 4.39. The molecule has 1 aromatic heterocycles. The van der Waals surface area contributed by atoms with Gasteiger partial charge < -0.3 is 5.32 Å². The molecule has 0 spiro atoms. The smallest absolute Gasteiger partial charge is 0.0605 e. The number of pyridine rings is 1. The fraction of sp³-hybridized carbons (Fsp3) is 0.389. The number of rotatable bonds is 3. The SMILES string of the molecule is Cc1cccc([C@@H](C)NC2CCCc3cccnc32)c1. The molecule has 0 aliphatic heterocycles. The summed E-state index contributed by atoms with van der Waals surface area (Å²) in [5, 5.41) is 3.76. The molecule has 0 saturated heterocycles. The van der Waals surface area contributed by atoms with Crippen molar-refractivity contribution in [1.29, 1.82) is 0 Å². The highest BCUT2D eigenvalue weighted by Gasteiger charge is 2.22. The zero-order valence-corrected chi connectivity index (χ0v) is 12.3. The van der Waals surface area contributed by atoms with Gasteiger partial charge in [-0.1, -0.05) is 35.9 Å². The van der Waals surface area contributed by atoms with Crippen LogP contribution in [-0.4, -0.2) is 4.98 Å². The van der Waals surface area contributed by atoms with E-state index in [2.05, 4.69) is 54.5 Å². The molecule has 20 heavy (non-hydrogen) atoms. The molecule has 0 bridgehead atoms. The van der Waals surface area contributed by atoms with Crippen molar-refractivity contribution >= 4 is 0 Å².